The highest BCUT2D eigenvalue weighted by Crippen LogP contribution is 2.23. The fourth-order valence-corrected chi connectivity index (χ4v) is 4.61. The van der Waals surface area contributed by atoms with Gasteiger partial charge in [0.05, 0.1) is 4.90 Å². The molecule has 0 bridgehead atoms. The number of sulfonamides is 1. The van der Waals surface area contributed by atoms with Crippen molar-refractivity contribution in [3.05, 3.63) is 52.6 Å². The van der Waals surface area contributed by atoms with E-state index in [0.717, 1.165) is 17.3 Å². The second-order valence-corrected chi connectivity index (χ2v) is 8.67. The van der Waals surface area contributed by atoms with Crippen molar-refractivity contribution in [3.8, 4) is 6.07 Å². The predicted molar refractivity (Wildman–Crippen MR) is 98.5 cm³/mol. The Labute approximate surface area is 155 Å². The summed E-state index contributed by atoms with van der Waals surface area (Å²) in [7, 11) is -3.52. The van der Waals surface area contributed by atoms with Crippen molar-refractivity contribution in [1.29, 1.82) is 5.26 Å². The topological polar surface area (TPSA) is 86.1 Å². The van der Waals surface area contributed by atoms with Crippen LogP contribution in [-0.4, -0.2) is 36.8 Å². The minimum atomic E-state index is -3.52. The third-order valence-corrected chi connectivity index (χ3v) is 6.46. The summed E-state index contributed by atoms with van der Waals surface area (Å²) in [5.74, 6) is 0.590. The molecule has 1 aromatic carbocycles. The highest BCUT2D eigenvalue weighted by molar-refractivity contribution is 9.10. The summed E-state index contributed by atoms with van der Waals surface area (Å²) in [6, 6.07) is 13.8. The Kier molecular flexibility index (Phi) is 5.37. The van der Waals surface area contributed by atoms with Crippen molar-refractivity contribution in [2.45, 2.75) is 23.8 Å². The second kappa shape index (κ2) is 7.52. The first-order valence-corrected chi connectivity index (χ1v) is 10.1. The van der Waals surface area contributed by atoms with Crippen LogP contribution in [0.4, 0.5) is 5.82 Å². The third-order valence-electron chi connectivity index (χ3n) is 4.05. The molecule has 3 rings (SSSR count). The lowest BCUT2D eigenvalue weighted by Crippen LogP contribution is -2.45. The van der Waals surface area contributed by atoms with Gasteiger partial charge in [0.1, 0.15) is 17.6 Å². The van der Waals surface area contributed by atoms with E-state index in [1.807, 2.05) is 6.07 Å². The van der Waals surface area contributed by atoms with Crippen molar-refractivity contribution in [2.24, 2.45) is 0 Å². The molecular formula is C17H17BrN4O2S. The van der Waals surface area contributed by atoms with Crippen LogP contribution in [0.25, 0.3) is 0 Å². The number of piperidine rings is 1. The van der Waals surface area contributed by atoms with Crippen LogP contribution in [-0.2, 0) is 10.0 Å². The summed E-state index contributed by atoms with van der Waals surface area (Å²) < 4.78 is 28.0. The Morgan fingerprint density at radius 1 is 1.24 bits per heavy atom. The van der Waals surface area contributed by atoms with Gasteiger partial charge in [-0.05, 0) is 49.2 Å². The van der Waals surface area contributed by atoms with E-state index in [2.05, 4.69) is 26.2 Å². The van der Waals surface area contributed by atoms with E-state index in [1.54, 1.807) is 42.5 Å². The van der Waals surface area contributed by atoms with Crippen molar-refractivity contribution in [2.75, 3.05) is 18.4 Å². The molecule has 2 aromatic rings. The van der Waals surface area contributed by atoms with Crippen molar-refractivity contribution < 1.29 is 8.42 Å². The Hall–Kier alpha value is -1.95. The van der Waals surface area contributed by atoms with E-state index >= 15 is 0 Å². The number of halogens is 1. The molecule has 0 radical (unpaired) electrons. The van der Waals surface area contributed by atoms with Gasteiger partial charge in [0.25, 0.3) is 0 Å². The van der Waals surface area contributed by atoms with E-state index in [0.29, 0.717) is 29.5 Å². The zero-order chi connectivity index (χ0) is 17.9. The summed E-state index contributed by atoms with van der Waals surface area (Å²) in [5, 5.41) is 12.2. The first-order valence-electron chi connectivity index (χ1n) is 7.88. The van der Waals surface area contributed by atoms with Gasteiger partial charge in [-0.25, -0.2) is 13.4 Å². The molecule has 1 N–H and O–H groups in total. The zero-order valence-electron chi connectivity index (χ0n) is 13.4. The van der Waals surface area contributed by atoms with Crippen LogP contribution in [0.5, 0.6) is 0 Å². The molecule has 25 heavy (non-hydrogen) atoms. The Balaban J connectivity index is 1.74. The molecule has 0 aliphatic carbocycles. The maximum atomic E-state index is 12.8. The third kappa shape index (κ3) is 4.18. The maximum Gasteiger partial charge on any atom is 0.243 e. The lowest BCUT2D eigenvalue weighted by atomic mass is 10.1. The first kappa shape index (κ1) is 17.9. The van der Waals surface area contributed by atoms with Crippen LogP contribution >= 0.6 is 15.9 Å². The highest BCUT2D eigenvalue weighted by Gasteiger charge is 2.30. The highest BCUT2D eigenvalue weighted by atomic mass is 79.9. The standard InChI is InChI=1S/C17H17BrN4O2S/c18-13-6-8-16(9-7-13)25(23,24)22-10-2-4-15(12-22)21-17-5-1-3-14(11-19)20-17/h1,3,5-9,15H,2,4,10,12H2,(H,20,21). The van der Waals surface area contributed by atoms with E-state index in [4.69, 9.17) is 5.26 Å². The van der Waals surface area contributed by atoms with E-state index < -0.39 is 10.0 Å². The monoisotopic (exact) mass is 420 g/mol. The number of rotatable bonds is 4. The Bertz CT molecular complexity index is 894. The summed E-state index contributed by atoms with van der Waals surface area (Å²) in [6.07, 6.45) is 1.62. The largest absolute Gasteiger partial charge is 0.366 e. The van der Waals surface area contributed by atoms with Crippen molar-refractivity contribution in [3.63, 3.8) is 0 Å². The van der Waals surface area contributed by atoms with Gasteiger partial charge < -0.3 is 5.32 Å². The van der Waals surface area contributed by atoms with Crippen molar-refractivity contribution in [1.82, 2.24) is 9.29 Å². The predicted octanol–water partition coefficient (Wildman–Crippen LogP) is 2.98. The molecule has 1 aromatic heterocycles. The summed E-state index contributed by atoms with van der Waals surface area (Å²) in [5.41, 5.74) is 0.333. The van der Waals surface area contributed by atoms with Crippen molar-refractivity contribution >= 4 is 31.8 Å². The number of hydrogen-bond acceptors (Lipinski definition) is 5. The molecule has 130 valence electrons. The van der Waals surface area contributed by atoms with Crippen LogP contribution in [0.15, 0.2) is 51.8 Å². The molecule has 2 heterocycles. The molecule has 1 unspecified atom stereocenters. The van der Waals surface area contributed by atoms with Gasteiger partial charge in [0, 0.05) is 23.6 Å². The fraction of sp³-hybridized carbons (Fsp3) is 0.294. The number of nitriles is 1. The number of pyridine rings is 1. The van der Waals surface area contributed by atoms with Gasteiger partial charge in [-0.15, -0.1) is 0 Å². The molecular weight excluding hydrogens is 404 g/mol. The number of anilines is 1. The Morgan fingerprint density at radius 2 is 2.00 bits per heavy atom. The number of aromatic nitrogens is 1. The normalized spacial score (nSPS) is 18.5. The lowest BCUT2D eigenvalue weighted by Gasteiger charge is -2.32. The molecule has 6 nitrogen and oxygen atoms in total. The van der Waals surface area contributed by atoms with Crippen LogP contribution < -0.4 is 5.32 Å². The smallest absolute Gasteiger partial charge is 0.243 e. The molecule has 1 aliphatic heterocycles. The molecule has 1 saturated heterocycles. The number of nitrogens with zero attached hydrogens (tertiary/aromatic N) is 3. The first-order chi connectivity index (χ1) is 12.0. The minimum absolute atomic E-state index is 0.0413. The van der Waals surface area contributed by atoms with Gasteiger partial charge in [0.2, 0.25) is 10.0 Å². The zero-order valence-corrected chi connectivity index (χ0v) is 15.8. The molecule has 0 saturated carbocycles. The van der Waals surface area contributed by atoms with Gasteiger partial charge in [0.15, 0.2) is 0 Å². The molecule has 8 heteroatoms. The van der Waals surface area contributed by atoms with Crippen LogP contribution in [0, 0.1) is 11.3 Å². The summed E-state index contributed by atoms with van der Waals surface area (Å²) in [4.78, 5) is 4.49. The molecule has 1 fully saturated rings. The Morgan fingerprint density at radius 3 is 2.72 bits per heavy atom. The van der Waals surface area contributed by atoms with Gasteiger partial charge in [-0.2, -0.15) is 9.57 Å². The maximum absolute atomic E-state index is 12.8. The van der Waals surface area contributed by atoms with E-state index in [9.17, 15) is 8.42 Å². The van der Waals surface area contributed by atoms with Gasteiger partial charge in [-0.3, -0.25) is 0 Å². The number of nitrogens with one attached hydrogen (secondary N) is 1. The quantitative estimate of drug-likeness (QED) is 0.821. The number of benzene rings is 1. The molecule has 0 amide bonds. The summed E-state index contributed by atoms with van der Waals surface area (Å²) in [6.45, 7) is 0.874. The van der Waals surface area contributed by atoms with Crippen LogP contribution in [0.1, 0.15) is 18.5 Å². The number of hydrogen-bond donors (Lipinski definition) is 1. The van der Waals surface area contributed by atoms with Gasteiger partial charge in [-0.1, -0.05) is 22.0 Å². The molecule has 1 atom stereocenters. The molecule has 0 spiro atoms. The fourth-order valence-electron chi connectivity index (χ4n) is 2.82. The molecule has 1 aliphatic rings. The average Bonchev–Trinajstić information content (AvgIpc) is 2.62. The van der Waals surface area contributed by atoms with Crippen LogP contribution in [0.2, 0.25) is 0 Å². The SMILES string of the molecule is N#Cc1cccc(NC2CCCN(S(=O)(=O)c3ccc(Br)cc3)C2)n1. The van der Waals surface area contributed by atoms with E-state index in [-0.39, 0.29) is 6.04 Å². The average molecular weight is 421 g/mol. The van der Waals surface area contributed by atoms with E-state index in [1.165, 1.54) is 4.31 Å². The second-order valence-electron chi connectivity index (χ2n) is 5.82. The lowest BCUT2D eigenvalue weighted by molar-refractivity contribution is 0.326. The van der Waals surface area contributed by atoms with Gasteiger partial charge >= 0.3 is 0 Å². The van der Waals surface area contributed by atoms with Crippen LogP contribution in [0.3, 0.4) is 0 Å². The minimum Gasteiger partial charge on any atom is -0.366 e. The summed E-state index contributed by atoms with van der Waals surface area (Å²) >= 11 is 3.32.